The molecule has 1 aromatic heterocycles. The number of aliphatic carboxylic acids is 1. The minimum absolute atomic E-state index is 0.00139. The number of aryl methyl sites for hydroxylation is 2. The van der Waals surface area contributed by atoms with E-state index in [0.717, 1.165) is 28.1 Å². The van der Waals surface area contributed by atoms with E-state index in [0.29, 0.717) is 36.8 Å². The molecule has 2 amide bonds. The van der Waals surface area contributed by atoms with E-state index in [-0.39, 0.29) is 19.0 Å². The van der Waals surface area contributed by atoms with Crippen molar-refractivity contribution in [2.45, 2.75) is 32.7 Å². The van der Waals surface area contributed by atoms with Crippen LogP contribution in [0.4, 0.5) is 10.5 Å². The van der Waals surface area contributed by atoms with Crippen LogP contribution >= 0.6 is 0 Å². The lowest BCUT2D eigenvalue weighted by Gasteiger charge is -2.14. The lowest BCUT2D eigenvalue weighted by Crippen LogP contribution is -2.28. The normalized spacial score (nSPS) is 10.6. The highest BCUT2D eigenvalue weighted by Gasteiger charge is 2.13. The molecule has 0 unspecified atom stereocenters. The summed E-state index contributed by atoms with van der Waals surface area (Å²) in [5, 5.41) is 14.7. The summed E-state index contributed by atoms with van der Waals surface area (Å²) < 4.78 is 11.8. The number of carboxylic acid groups (broad SMARTS) is 1. The lowest BCUT2D eigenvalue weighted by atomic mass is 10.0. The van der Waals surface area contributed by atoms with Crippen molar-refractivity contribution in [2.24, 2.45) is 0 Å². The predicted octanol–water partition coefficient (Wildman–Crippen LogP) is 5.61. The standard InChI is InChI=1S/C29H29N3O5/c1-20-26(32-28(37-20)22-8-4-2-5-9-22)16-17-36-25-14-12-21(13-15-27(33)34)23(18-25)19-30-29(35)31-24-10-6-3-7-11-24/h2-12,14,18H,13,15-17,19H2,1H3,(H,33,34)(H2,30,31,35). The zero-order valence-corrected chi connectivity index (χ0v) is 20.6. The van der Waals surface area contributed by atoms with Gasteiger partial charge in [0.2, 0.25) is 5.89 Å². The fourth-order valence-electron chi connectivity index (χ4n) is 3.84. The Balaban J connectivity index is 1.38. The number of carboxylic acids is 1. The van der Waals surface area contributed by atoms with Gasteiger partial charge in [0.1, 0.15) is 11.5 Å². The van der Waals surface area contributed by atoms with Crippen LogP contribution in [0.3, 0.4) is 0 Å². The molecule has 0 fully saturated rings. The van der Waals surface area contributed by atoms with Crippen molar-refractivity contribution in [2.75, 3.05) is 11.9 Å². The second-order valence-corrected chi connectivity index (χ2v) is 8.48. The van der Waals surface area contributed by atoms with Gasteiger partial charge in [-0.05, 0) is 60.9 Å². The first-order valence-electron chi connectivity index (χ1n) is 12.1. The third-order valence-electron chi connectivity index (χ3n) is 5.78. The van der Waals surface area contributed by atoms with Gasteiger partial charge in [-0.15, -0.1) is 0 Å². The number of ether oxygens (including phenoxy) is 1. The van der Waals surface area contributed by atoms with Crippen LogP contribution < -0.4 is 15.4 Å². The summed E-state index contributed by atoms with van der Waals surface area (Å²) in [5.41, 5.74) is 4.07. The molecule has 0 aliphatic carbocycles. The van der Waals surface area contributed by atoms with Crippen molar-refractivity contribution in [3.05, 3.63) is 101 Å². The van der Waals surface area contributed by atoms with E-state index in [2.05, 4.69) is 15.6 Å². The van der Waals surface area contributed by atoms with E-state index in [1.807, 2.05) is 73.7 Å². The van der Waals surface area contributed by atoms with Crippen molar-refractivity contribution in [3.63, 3.8) is 0 Å². The van der Waals surface area contributed by atoms with Crippen LogP contribution in [0.1, 0.15) is 29.0 Å². The molecule has 1 heterocycles. The highest BCUT2D eigenvalue weighted by atomic mass is 16.5. The van der Waals surface area contributed by atoms with Crippen LogP contribution in [0, 0.1) is 6.92 Å². The van der Waals surface area contributed by atoms with Crippen LogP contribution in [0.2, 0.25) is 0 Å². The highest BCUT2D eigenvalue weighted by Crippen LogP contribution is 2.23. The number of hydrogen-bond acceptors (Lipinski definition) is 5. The molecular weight excluding hydrogens is 470 g/mol. The maximum atomic E-state index is 12.3. The van der Waals surface area contributed by atoms with E-state index in [4.69, 9.17) is 14.3 Å². The molecule has 0 saturated heterocycles. The van der Waals surface area contributed by atoms with Crippen molar-refractivity contribution in [1.82, 2.24) is 10.3 Å². The first-order valence-corrected chi connectivity index (χ1v) is 12.1. The summed E-state index contributed by atoms with van der Waals surface area (Å²) >= 11 is 0. The Morgan fingerprint density at radius 3 is 2.41 bits per heavy atom. The number of rotatable bonds is 11. The summed E-state index contributed by atoms with van der Waals surface area (Å²) in [6.45, 7) is 2.50. The first-order chi connectivity index (χ1) is 18.0. The Morgan fingerprint density at radius 2 is 1.68 bits per heavy atom. The second-order valence-electron chi connectivity index (χ2n) is 8.48. The Morgan fingerprint density at radius 1 is 0.946 bits per heavy atom. The van der Waals surface area contributed by atoms with E-state index >= 15 is 0 Å². The summed E-state index contributed by atoms with van der Waals surface area (Å²) in [4.78, 5) is 28.1. The van der Waals surface area contributed by atoms with Gasteiger partial charge >= 0.3 is 12.0 Å². The molecule has 3 aromatic carbocycles. The molecular formula is C29H29N3O5. The SMILES string of the molecule is Cc1oc(-c2ccccc2)nc1CCOc1ccc(CCC(=O)O)c(CNC(=O)Nc2ccccc2)c1. The molecule has 37 heavy (non-hydrogen) atoms. The van der Waals surface area contributed by atoms with Crippen molar-refractivity contribution in [1.29, 1.82) is 0 Å². The zero-order chi connectivity index (χ0) is 26.0. The minimum atomic E-state index is -0.876. The molecule has 0 radical (unpaired) electrons. The number of carbonyl (C=O) groups is 2. The number of nitrogens with zero attached hydrogens (tertiary/aromatic N) is 1. The van der Waals surface area contributed by atoms with E-state index in [1.54, 1.807) is 12.1 Å². The molecule has 0 aliphatic rings. The van der Waals surface area contributed by atoms with Crippen LogP contribution in [0.5, 0.6) is 5.75 Å². The Labute approximate surface area is 215 Å². The van der Waals surface area contributed by atoms with Gasteiger partial charge in [-0.3, -0.25) is 4.79 Å². The van der Waals surface area contributed by atoms with Crippen LogP contribution in [0.25, 0.3) is 11.5 Å². The number of benzene rings is 3. The summed E-state index contributed by atoms with van der Waals surface area (Å²) in [6.07, 6.45) is 0.919. The number of nitrogens with one attached hydrogen (secondary N) is 2. The topological polar surface area (TPSA) is 114 Å². The molecule has 0 aliphatic heterocycles. The Bertz CT molecular complexity index is 1340. The van der Waals surface area contributed by atoms with Gasteiger partial charge in [-0.2, -0.15) is 0 Å². The molecule has 4 rings (SSSR count). The third kappa shape index (κ3) is 7.44. The Kier molecular flexibility index (Phi) is 8.54. The van der Waals surface area contributed by atoms with Gasteiger partial charge in [0.25, 0.3) is 0 Å². The molecule has 0 bridgehead atoms. The van der Waals surface area contributed by atoms with Crippen LogP contribution in [0.15, 0.2) is 83.3 Å². The summed E-state index contributed by atoms with van der Waals surface area (Å²) in [5.74, 6) is 1.08. The van der Waals surface area contributed by atoms with Gasteiger partial charge < -0.3 is 24.9 Å². The minimum Gasteiger partial charge on any atom is -0.493 e. The number of para-hydroxylation sites is 1. The van der Waals surface area contributed by atoms with Gasteiger partial charge in [0, 0.05) is 30.6 Å². The first kappa shape index (κ1) is 25.5. The fraction of sp³-hybridized carbons (Fsp3) is 0.207. The largest absolute Gasteiger partial charge is 0.493 e. The van der Waals surface area contributed by atoms with Crippen molar-refractivity contribution in [3.8, 4) is 17.2 Å². The Hall–Kier alpha value is -4.59. The van der Waals surface area contributed by atoms with Gasteiger partial charge in [0.15, 0.2) is 0 Å². The molecule has 4 aromatic rings. The number of hydrogen-bond donors (Lipinski definition) is 3. The second kappa shape index (κ2) is 12.4. The molecule has 0 atom stereocenters. The van der Waals surface area contributed by atoms with Crippen LogP contribution in [-0.4, -0.2) is 28.7 Å². The molecule has 190 valence electrons. The third-order valence-corrected chi connectivity index (χ3v) is 5.78. The predicted molar refractivity (Wildman–Crippen MR) is 141 cm³/mol. The van der Waals surface area contributed by atoms with E-state index in [9.17, 15) is 9.59 Å². The molecule has 0 spiro atoms. The lowest BCUT2D eigenvalue weighted by molar-refractivity contribution is -0.136. The average molecular weight is 500 g/mol. The molecule has 8 heteroatoms. The van der Waals surface area contributed by atoms with E-state index < -0.39 is 5.97 Å². The monoisotopic (exact) mass is 499 g/mol. The van der Waals surface area contributed by atoms with E-state index in [1.165, 1.54) is 0 Å². The molecule has 0 saturated carbocycles. The summed E-state index contributed by atoms with van der Waals surface area (Å²) in [6, 6.07) is 24.0. The number of oxazole rings is 1. The number of urea groups is 1. The fourth-order valence-corrected chi connectivity index (χ4v) is 3.84. The number of aromatic nitrogens is 1. The maximum Gasteiger partial charge on any atom is 0.319 e. The quantitative estimate of drug-likeness (QED) is 0.247. The highest BCUT2D eigenvalue weighted by molar-refractivity contribution is 5.89. The van der Waals surface area contributed by atoms with Gasteiger partial charge in [-0.1, -0.05) is 42.5 Å². The number of anilines is 1. The molecule has 3 N–H and O–H groups in total. The van der Waals surface area contributed by atoms with Gasteiger partial charge in [0.05, 0.1) is 12.3 Å². The van der Waals surface area contributed by atoms with Gasteiger partial charge in [-0.25, -0.2) is 9.78 Å². The van der Waals surface area contributed by atoms with Crippen LogP contribution in [-0.2, 0) is 24.2 Å². The smallest absolute Gasteiger partial charge is 0.319 e. The number of carbonyl (C=O) groups excluding carboxylic acids is 1. The zero-order valence-electron chi connectivity index (χ0n) is 20.6. The average Bonchev–Trinajstić information content (AvgIpc) is 3.28. The maximum absolute atomic E-state index is 12.3. The van der Waals surface area contributed by atoms with Crippen molar-refractivity contribution < 1.29 is 23.8 Å². The molecule has 8 nitrogen and oxygen atoms in total. The van der Waals surface area contributed by atoms with Crippen molar-refractivity contribution >= 4 is 17.7 Å². The number of amides is 2. The summed E-state index contributed by atoms with van der Waals surface area (Å²) in [7, 11) is 0.